The van der Waals surface area contributed by atoms with Gasteiger partial charge < -0.3 is 15.4 Å². The van der Waals surface area contributed by atoms with Crippen molar-refractivity contribution in [3.05, 3.63) is 66.0 Å². The zero-order valence-electron chi connectivity index (χ0n) is 14.7. The summed E-state index contributed by atoms with van der Waals surface area (Å²) in [5, 5.41) is 5.35. The van der Waals surface area contributed by atoms with E-state index in [1.54, 1.807) is 27.0 Å². The van der Waals surface area contributed by atoms with Crippen LogP contribution in [0.1, 0.15) is 38.1 Å². The molecule has 0 fully saturated rings. The molecule has 1 atom stereocenters. The minimum atomic E-state index is -0.628. The Morgan fingerprint density at radius 3 is 2.36 bits per heavy atom. The molecule has 6 heteroatoms. The van der Waals surface area contributed by atoms with Gasteiger partial charge in [-0.15, -0.1) is 0 Å². The molecule has 6 nitrogen and oxygen atoms in total. The van der Waals surface area contributed by atoms with Gasteiger partial charge in [0.1, 0.15) is 12.1 Å². The van der Waals surface area contributed by atoms with Gasteiger partial charge in [0.05, 0.1) is 11.7 Å². The van der Waals surface area contributed by atoms with E-state index in [0.717, 1.165) is 11.3 Å². The van der Waals surface area contributed by atoms with Crippen LogP contribution in [0.4, 0.5) is 4.79 Å². The van der Waals surface area contributed by atoms with Crippen molar-refractivity contribution < 1.29 is 14.3 Å². The topological polar surface area (TPSA) is 80.3 Å². The van der Waals surface area contributed by atoms with Crippen molar-refractivity contribution >= 4 is 12.0 Å². The van der Waals surface area contributed by atoms with Crippen LogP contribution in [0.15, 0.2) is 54.7 Å². The number of rotatable bonds is 5. The average Bonchev–Trinajstić information content (AvgIpc) is 2.58. The van der Waals surface area contributed by atoms with E-state index in [2.05, 4.69) is 15.6 Å². The molecule has 1 aromatic heterocycles. The molecule has 1 heterocycles. The second-order valence-corrected chi connectivity index (χ2v) is 6.52. The summed E-state index contributed by atoms with van der Waals surface area (Å²) in [4.78, 5) is 28.2. The first-order chi connectivity index (χ1) is 11.8. The van der Waals surface area contributed by atoms with Gasteiger partial charge in [-0.1, -0.05) is 36.4 Å². The highest BCUT2D eigenvalue weighted by Crippen LogP contribution is 2.19. The normalized spacial score (nSPS) is 12.1. The number of carbonyl (C=O) groups is 2. The Morgan fingerprint density at radius 1 is 1.08 bits per heavy atom. The summed E-state index contributed by atoms with van der Waals surface area (Å²) < 4.78 is 5.12. The molecule has 2 amide bonds. The predicted octanol–water partition coefficient (Wildman–Crippen LogP) is 2.81. The van der Waals surface area contributed by atoms with Gasteiger partial charge in [-0.05, 0) is 38.5 Å². The van der Waals surface area contributed by atoms with Crippen LogP contribution in [-0.4, -0.2) is 29.1 Å². The number of benzene rings is 1. The number of ether oxygens (including phenoxy) is 1. The second kappa shape index (κ2) is 8.28. The largest absolute Gasteiger partial charge is 0.444 e. The maximum atomic E-state index is 12.3. The molecule has 0 saturated heterocycles. The molecule has 132 valence electrons. The van der Waals surface area contributed by atoms with Crippen molar-refractivity contribution in [3.8, 4) is 0 Å². The number of aromatic nitrogens is 1. The van der Waals surface area contributed by atoms with Gasteiger partial charge in [-0.3, -0.25) is 9.78 Å². The summed E-state index contributed by atoms with van der Waals surface area (Å²) in [5.74, 6) is -0.328. The van der Waals surface area contributed by atoms with E-state index < -0.39 is 17.7 Å². The number of amides is 2. The van der Waals surface area contributed by atoms with Crippen LogP contribution < -0.4 is 10.6 Å². The molecule has 0 aliphatic carbocycles. The van der Waals surface area contributed by atoms with Crippen molar-refractivity contribution in [2.24, 2.45) is 0 Å². The lowest BCUT2D eigenvalue weighted by atomic mass is 10.0. The number of pyridine rings is 1. The van der Waals surface area contributed by atoms with Crippen LogP contribution >= 0.6 is 0 Å². The Bertz CT molecular complexity index is 657. The summed E-state index contributed by atoms with van der Waals surface area (Å²) in [5.41, 5.74) is 1.02. The first-order valence-electron chi connectivity index (χ1n) is 8.07. The minimum Gasteiger partial charge on any atom is -0.444 e. The SMILES string of the molecule is CC(C)(C)OC(=O)NCC(=O)NC(c1ccccc1)c1ccccn1. The van der Waals surface area contributed by atoms with E-state index in [9.17, 15) is 9.59 Å². The van der Waals surface area contributed by atoms with Crippen molar-refractivity contribution in [1.82, 2.24) is 15.6 Å². The monoisotopic (exact) mass is 341 g/mol. The molecule has 0 spiro atoms. The lowest BCUT2D eigenvalue weighted by Gasteiger charge is -2.21. The molecule has 2 N–H and O–H groups in total. The fraction of sp³-hybridized carbons (Fsp3) is 0.316. The quantitative estimate of drug-likeness (QED) is 0.876. The fourth-order valence-corrected chi connectivity index (χ4v) is 2.20. The van der Waals surface area contributed by atoms with E-state index in [0.29, 0.717) is 0 Å². The highest BCUT2D eigenvalue weighted by molar-refractivity contribution is 5.82. The molecule has 0 bridgehead atoms. The van der Waals surface area contributed by atoms with Crippen molar-refractivity contribution in [2.75, 3.05) is 6.54 Å². The summed E-state index contributed by atoms with van der Waals surface area (Å²) in [6.07, 6.45) is 1.05. The Hall–Kier alpha value is -2.89. The Morgan fingerprint density at radius 2 is 1.76 bits per heavy atom. The van der Waals surface area contributed by atoms with Crippen LogP contribution in [-0.2, 0) is 9.53 Å². The van der Waals surface area contributed by atoms with Crippen molar-refractivity contribution in [3.63, 3.8) is 0 Å². The molecule has 2 aromatic rings. The Kier molecular flexibility index (Phi) is 6.11. The predicted molar refractivity (Wildman–Crippen MR) is 94.9 cm³/mol. The highest BCUT2D eigenvalue weighted by Gasteiger charge is 2.20. The highest BCUT2D eigenvalue weighted by atomic mass is 16.6. The van der Waals surface area contributed by atoms with Crippen LogP contribution in [0.3, 0.4) is 0 Å². The lowest BCUT2D eigenvalue weighted by Crippen LogP contribution is -2.41. The summed E-state index contributed by atoms with van der Waals surface area (Å²) in [7, 11) is 0. The number of alkyl carbamates (subject to hydrolysis) is 1. The van der Waals surface area contributed by atoms with Crippen LogP contribution in [0.5, 0.6) is 0 Å². The molecule has 0 aliphatic rings. The van der Waals surface area contributed by atoms with Gasteiger partial charge in [-0.2, -0.15) is 0 Å². The molecule has 0 radical (unpaired) electrons. The number of carbonyl (C=O) groups excluding carboxylic acids is 2. The summed E-state index contributed by atoms with van der Waals surface area (Å²) in [6.45, 7) is 5.11. The first kappa shape index (κ1) is 18.4. The van der Waals surface area contributed by atoms with Crippen molar-refractivity contribution in [1.29, 1.82) is 0 Å². The molecule has 25 heavy (non-hydrogen) atoms. The molecule has 1 unspecified atom stereocenters. The molecular formula is C19H23N3O3. The third kappa shape index (κ3) is 6.25. The summed E-state index contributed by atoms with van der Waals surface area (Å²) in [6, 6.07) is 14.7. The van der Waals surface area contributed by atoms with Gasteiger partial charge in [0.2, 0.25) is 5.91 Å². The first-order valence-corrected chi connectivity index (χ1v) is 8.07. The van der Waals surface area contributed by atoms with E-state index >= 15 is 0 Å². The van der Waals surface area contributed by atoms with Gasteiger partial charge in [0, 0.05) is 6.20 Å². The second-order valence-electron chi connectivity index (χ2n) is 6.52. The third-order valence-electron chi connectivity index (χ3n) is 3.21. The number of hydrogen-bond acceptors (Lipinski definition) is 4. The zero-order chi connectivity index (χ0) is 18.3. The van der Waals surface area contributed by atoms with Gasteiger partial charge in [0.25, 0.3) is 0 Å². The maximum absolute atomic E-state index is 12.3. The molecule has 0 aliphatic heterocycles. The van der Waals surface area contributed by atoms with Crippen LogP contribution in [0, 0.1) is 0 Å². The molecule has 1 aromatic carbocycles. The van der Waals surface area contributed by atoms with E-state index in [1.165, 1.54) is 0 Å². The number of nitrogens with one attached hydrogen (secondary N) is 2. The summed E-state index contributed by atoms with van der Waals surface area (Å²) >= 11 is 0. The number of nitrogens with zero attached hydrogens (tertiary/aromatic N) is 1. The number of hydrogen-bond donors (Lipinski definition) is 2. The van der Waals surface area contributed by atoms with Crippen LogP contribution in [0.2, 0.25) is 0 Å². The standard InChI is InChI=1S/C19H23N3O3/c1-19(2,3)25-18(24)21-13-16(23)22-17(14-9-5-4-6-10-14)15-11-7-8-12-20-15/h4-12,17H,13H2,1-3H3,(H,21,24)(H,22,23). The van der Waals surface area contributed by atoms with Gasteiger partial charge in [-0.25, -0.2) is 4.79 Å². The maximum Gasteiger partial charge on any atom is 0.408 e. The van der Waals surface area contributed by atoms with Gasteiger partial charge in [0.15, 0.2) is 0 Å². The fourth-order valence-electron chi connectivity index (χ4n) is 2.20. The lowest BCUT2D eigenvalue weighted by molar-refractivity contribution is -0.120. The smallest absolute Gasteiger partial charge is 0.408 e. The van der Waals surface area contributed by atoms with Crippen LogP contribution in [0.25, 0.3) is 0 Å². The van der Waals surface area contributed by atoms with Gasteiger partial charge >= 0.3 is 6.09 Å². The Balaban J connectivity index is 2.02. The van der Waals surface area contributed by atoms with Crippen molar-refractivity contribution in [2.45, 2.75) is 32.4 Å². The van der Waals surface area contributed by atoms with E-state index in [4.69, 9.17) is 4.74 Å². The zero-order valence-corrected chi connectivity index (χ0v) is 14.7. The molecular weight excluding hydrogens is 318 g/mol. The average molecular weight is 341 g/mol. The molecule has 2 rings (SSSR count). The molecule has 0 saturated carbocycles. The Labute approximate surface area is 147 Å². The van der Waals surface area contributed by atoms with E-state index in [1.807, 2.05) is 48.5 Å². The third-order valence-corrected chi connectivity index (χ3v) is 3.21. The van der Waals surface area contributed by atoms with E-state index in [-0.39, 0.29) is 12.5 Å². The minimum absolute atomic E-state index is 0.176.